The number of hydrogen-bond donors (Lipinski definition) is 0. The topological polar surface area (TPSA) is 107 Å². The first-order valence-electron chi connectivity index (χ1n) is 6.70. The number of amides is 1. The highest BCUT2D eigenvalue weighted by molar-refractivity contribution is 7.89. The van der Waals surface area contributed by atoms with Crippen molar-refractivity contribution in [2.45, 2.75) is 43.9 Å². The van der Waals surface area contributed by atoms with Gasteiger partial charge in [0.1, 0.15) is 6.23 Å². The number of nitro groups is 1. The maximum atomic E-state index is 12.6. The van der Waals surface area contributed by atoms with Gasteiger partial charge in [-0.1, -0.05) is 0 Å². The lowest BCUT2D eigenvalue weighted by atomic mass is 10.3. The van der Waals surface area contributed by atoms with Crippen molar-refractivity contribution in [2.24, 2.45) is 0 Å². The van der Waals surface area contributed by atoms with Crippen molar-refractivity contribution >= 4 is 21.6 Å². The second-order valence-corrected chi connectivity index (χ2v) is 6.94. The normalized spacial score (nSPS) is 19.0. The molecule has 0 aliphatic carbocycles. The van der Waals surface area contributed by atoms with Gasteiger partial charge in [-0.15, -0.1) is 0 Å². The molecule has 120 valence electrons. The second-order valence-electron chi connectivity index (χ2n) is 5.12. The Hall–Kier alpha value is -2.00. The van der Waals surface area contributed by atoms with Crippen LogP contribution >= 0.6 is 0 Å². The molecule has 1 heterocycles. The fraction of sp³-hybridized carbons (Fsp3) is 0.462. The molecule has 1 saturated heterocycles. The first kappa shape index (κ1) is 16.4. The third-order valence-electron chi connectivity index (χ3n) is 3.15. The minimum atomic E-state index is -4.09. The Morgan fingerprint density at radius 2 is 1.91 bits per heavy atom. The van der Waals surface area contributed by atoms with Crippen LogP contribution in [0.4, 0.5) is 5.69 Å². The number of nitrogens with zero attached hydrogens (tertiary/aromatic N) is 2. The van der Waals surface area contributed by atoms with Crippen LogP contribution in [0.15, 0.2) is 29.2 Å². The summed E-state index contributed by atoms with van der Waals surface area (Å²) in [5.41, 5.74) is -0.221. The first-order chi connectivity index (χ1) is 10.2. The minimum absolute atomic E-state index is 0.0869. The highest BCUT2D eigenvalue weighted by atomic mass is 32.2. The summed E-state index contributed by atoms with van der Waals surface area (Å²) in [5.74, 6) is -0.538. The van der Waals surface area contributed by atoms with Gasteiger partial charge in [0.05, 0.1) is 15.9 Å². The van der Waals surface area contributed by atoms with E-state index in [1.807, 2.05) is 0 Å². The average Bonchev–Trinajstić information content (AvgIpc) is 2.79. The molecule has 2 rings (SSSR count). The van der Waals surface area contributed by atoms with Crippen molar-refractivity contribution in [1.29, 1.82) is 0 Å². The molecule has 1 atom stereocenters. The lowest BCUT2D eigenvalue weighted by Crippen LogP contribution is -2.41. The van der Waals surface area contributed by atoms with E-state index in [0.29, 0.717) is 6.42 Å². The van der Waals surface area contributed by atoms with Crippen LogP contribution < -0.4 is 0 Å². The van der Waals surface area contributed by atoms with Crippen LogP contribution in [0, 0.1) is 10.1 Å². The number of nitro benzene ring substituents is 1. The van der Waals surface area contributed by atoms with Gasteiger partial charge in [0, 0.05) is 25.0 Å². The van der Waals surface area contributed by atoms with Gasteiger partial charge in [0.2, 0.25) is 5.91 Å². The van der Waals surface area contributed by atoms with Crippen LogP contribution in [0.25, 0.3) is 0 Å². The van der Waals surface area contributed by atoms with E-state index in [0.717, 1.165) is 28.6 Å². The van der Waals surface area contributed by atoms with E-state index >= 15 is 0 Å². The Morgan fingerprint density at radius 3 is 2.41 bits per heavy atom. The van der Waals surface area contributed by atoms with Gasteiger partial charge in [-0.3, -0.25) is 14.9 Å². The smallest absolute Gasteiger partial charge is 0.269 e. The summed E-state index contributed by atoms with van der Waals surface area (Å²) < 4.78 is 31.4. The van der Waals surface area contributed by atoms with Crippen LogP contribution in [0.2, 0.25) is 0 Å². The van der Waals surface area contributed by atoms with Crippen molar-refractivity contribution < 1.29 is 22.9 Å². The molecule has 0 N–H and O–H groups in total. The van der Waals surface area contributed by atoms with Crippen LogP contribution in [-0.4, -0.2) is 35.9 Å². The Kier molecular flexibility index (Phi) is 4.47. The number of rotatable bonds is 5. The maximum Gasteiger partial charge on any atom is 0.269 e. The zero-order valence-electron chi connectivity index (χ0n) is 12.1. The van der Waals surface area contributed by atoms with E-state index in [4.69, 9.17) is 4.74 Å². The van der Waals surface area contributed by atoms with Gasteiger partial charge >= 0.3 is 0 Å². The number of ether oxygens (including phenoxy) is 1. The van der Waals surface area contributed by atoms with E-state index in [1.165, 1.54) is 0 Å². The lowest BCUT2D eigenvalue weighted by molar-refractivity contribution is -0.384. The van der Waals surface area contributed by atoms with Gasteiger partial charge in [-0.25, -0.2) is 12.7 Å². The highest BCUT2D eigenvalue weighted by Gasteiger charge is 2.41. The molecule has 1 aliphatic heterocycles. The van der Waals surface area contributed by atoms with Crippen molar-refractivity contribution in [3.05, 3.63) is 34.4 Å². The predicted molar refractivity (Wildman–Crippen MR) is 76.4 cm³/mol. The summed E-state index contributed by atoms with van der Waals surface area (Å²) in [6.45, 7) is 3.50. The summed E-state index contributed by atoms with van der Waals surface area (Å²) in [4.78, 5) is 21.7. The van der Waals surface area contributed by atoms with Crippen molar-refractivity contribution in [3.63, 3.8) is 0 Å². The van der Waals surface area contributed by atoms with E-state index in [-0.39, 0.29) is 23.1 Å². The molecule has 1 fully saturated rings. The SMILES string of the molecule is CC(C)OC1CCC(=O)N1S(=O)(=O)c1ccc([N+](=O)[O-])cc1. The Labute approximate surface area is 127 Å². The van der Waals surface area contributed by atoms with E-state index in [1.54, 1.807) is 13.8 Å². The fourth-order valence-corrected chi connectivity index (χ4v) is 3.75. The van der Waals surface area contributed by atoms with Gasteiger partial charge in [0.15, 0.2) is 0 Å². The quantitative estimate of drug-likeness (QED) is 0.601. The zero-order valence-corrected chi connectivity index (χ0v) is 12.9. The zero-order chi connectivity index (χ0) is 16.5. The Bertz CT molecular complexity index is 683. The molecule has 1 unspecified atom stereocenters. The van der Waals surface area contributed by atoms with E-state index in [2.05, 4.69) is 0 Å². The Balaban J connectivity index is 2.35. The minimum Gasteiger partial charge on any atom is -0.355 e. The molecule has 1 aromatic carbocycles. The molecule has 0 radical (unpaired) electrons. The van der Waals surface area contributed by atoms with Crippen LogP contribution in [0.5, 0.6) is 0 Å². The van der Waals surface area contributed by atoms with Gasteiger partial charge in [-0.2, -0.15) is 0 Å². The molecule has 0 bridgehead atoms. The molecule has 1 amide bonds. The predicted octanol–water partition coefficient (Wildman–Crippen LogP) is 1.66. The van der Waals surface area contributed by atoms with Gasteiger partial charge < -0.3 is 4.74 Å². The van der Waals surface area contributed by atoms with Crippen molar-refractivity contribution in [1.82, 2.24) is 4.31 Å². The third kappa shape index (κ3) is 3.09. The molecule has 1 aromatic rings. The molecular formula is C13H16N2O6S. The van der Waals surface area contributed by atoms with Crippen LogP contribution in [0.1, 0.15) is 26.7 Å². The van der Waals surface area contributed by atoms with Crippen molar-refractivity contribution in [3.8, 4) is 0 Å². The standard InChI is InChI=1S/C13H16N2O6S/c1-9(2)21-13-8-7-12(16)14(13)22(19,20)11-5-3-10(4-6-11)15(17)18/h3-6,9,13H,7-8H2,1-2H3. The monoisotopic (exact) mass is 328 g/mol. The number of benzene rings is 1. The highest BCUT2D eigenvalue weighted by Crippen LogP contribution is 2.29. The first-order valence-corrected chi connectivity index (χ1v) is 8.14. The summed E-state index contributed by atoms with van der Waals surface area (Å²) in [7, 11) is -4.09. The van der Waals surface area contributed by atoms with E-state index < -0.39 is 27.1 Å². The average molecular weight is 328 g/mol. The molecule has 22 heavy (non-hydrogen) atoms. The summed E-state index contributed by atoms with van der Waals surface area (Å²) in [6, 6.07) is 4.41. The fourth-order valence-electron chi connectivity index (χ4n) is 2.21. The second kappa shape index (κ2) is 6.01. The summed E-state index contributed by atoms with van der Waals surface area (Å²) >= 11 is 0. The molecule has 0 spiro atoms. The number of hydrogen-bond acceptors (Lipinski definition) is 6. The molecule has 0 aromatic heterocycles. The van der Waals surface area contributed by atoms with Crippen LogP contribution in [-0.2, 0) is 19.6 Å². The molecule has 8 nitrogen and oxygen atoms in total. The molecule has 0 saturated carbocycles. The van der Waals surface area contributed by atoms with Crippen LogP contribution in [0.3, 0.4) is 0 Å². The number of non-ortho nitro benzene ring substituents is 1. The van der Waals surface area contributed by atoms with Gasteiger partial charge in [-0.05, 0) is 26.0 Å². The van der Waals surface area contributed by atoms with Crippen molar-refractivity contribution in [2.75, 3.05) is 0 Å². The summed E-state index contributed by atoms with van der Waals surface area (Å²) in [6.07, 6.45) is -0.689. The Morgan fingerprint density at radius 1 is 1.32 bits per heavy atom. The summed E-state index contributed by atoms with van der Waals surface area (Å²) in [5, 5.41) is 10.6. The number of sulfonamides is 1. The maximum absolute atomic E-state index is 12.6. The molecule has 1 aliphatic rings. The largest absolute Gasteiger partial charge is 0.355 e. The molecular weight excluding hydrogens is 312 g/mol. The number of carbonyl (C=O) groups excluding carboxylic acids is 1. The molecule has 9 heteroatoms. The number of carbonyl (C=O) groups is 1. The van der Waals surface area contributed by atoms with Gasteiger partial charge in [0.25, 0.3) is 15.7 Å². The van der Waals surface area contributed by atoms with E-state index in [9.17, 15) is 23.3 Å². The third-order valence-corrected chi connectivity index (χ3v) is 4.97. The lowest BCUT2D eigenvalue weighted by Gasteiger charge is -2.25.